The lowest BCUT2D eigenvalue weighted by molar-refractivity contribution is -0.114. The van der Waals surface area contributed by atoms with Gasteiger partial charge in [-0.3, -0.25) is 9.59 Å². The van der Waals surface area contributed by atoms with Gasteiger partial charge in [0.2, 0.25) is 5.91 Å². The van der Waals surface area contributed by atoms with E-state index in [-0.39, 0.29) is 27.0 Å². The van der Waals surface area contributed by atoms with Gasteiger partial charge in [0.05, 0.1) is 50.4 Å². The normalized spacial score (nSPS) is 11.1. The largest absolute Gasteiger partial charge is 0.462 e. The number of ether oxygens (including phenoxy) is 1. The van der Waals surface area contributed by atoms with E-state index in [0.717, 1.165) is 0 Å². The number of amides is 2. The molecule has 12 heteroatoms. The van der Waals surface area contributed by atoms with Gasteiger partial charge in [0.15, 0.2) is 0 Å². The molecule has 1 aromatic carbocycles. The summed E-state index contributed by atoms with van der Waals surface area (Å²) in [5.74, 6) is -1.79. The van der Waals surface area contributed by atoms with Gasteiger partial charge >= 0.3 is 5.97 Å². The van der Waals surface area contributed by atoms with Crippen LogP contribution in [0.15, 0.2) is 0 Å². The van der Waals surface area contributed by atoms with Crippen molar-refractivity contribution in [1.82, 2.24) is 5.32 Å². The second-order valence-corrected chi connectivity index (χ2v) is 8.91. The molecule has 1 rings (SSSR count). The van der Waals surface area contributed by atoms with Crippen LogP contribution in [0.2, 0.25) is 0 Å². The SMILES string of the molecule is CCOC(=O)c1c(I)c(NC(C)=O)c(I)c(C(=O)NC(CO)(CO)CO)c1I. The molecule has 0 unspecified atom stereocenters. The quantitative estimate of drug-likeness (QED) is 0.199. The first-order valence-electron chi connectivity index (χ1n) is 7.89. The molecule has 1 aromatic rings. The number of nitrogens with one attached hydrogen (secondary N) is 2. The molecule has 2 amide bonds. The summed E-state index contributed by atoms with van der Waals surface area (Å²) in [5, 5.41) is 33.4. The standard InChI is InChI=1S/C16H19I3N2O7/c1-3-28-15(27)9-10(17)8(11(18)13(12(9)19)20-7(2)25)14(26)21-16(4-22,5-23)6-24/h22-24H,3-6H2,1-2H3,(H,20,25)(H,21,26). The minimum atomic E-state index is -1.65. The molecule has 0 aliphatic heterocycles. The molecule has 0 heterocycles. The maximum absolute atomic E-state index is 12.9. The highest BCUT2D eigenvalue weighted by atomic mass is 127. The molecule has 0 atom stereocenters. The third kappa shape index (κ3) is 5.65. The Morgan fingerprint density at radius 2 is 1.46 bits per heavy atom. The van der Waals surface area contributed by atoms with E-state index < -0.39 is 43.1 Å². The number of hydrogen-bond acceptors (Lipinski definition) is 7. The van der Waals surface area contributed by atoms with Gasteiger partial charge in [-0.15, -0.1) is 0 Å². The first-order valence-corrected chi connectivity index (χ1v) is 11.1. The number of carbonyl (C=O) groups is 3. The van der Waals surface area contributed by atoms with Crippen molar-refractivity contribution in [3.05, 3.63) is 21.8 Å². The monoisotopic (exact) mass is 732 g/mol. The average molecular weight is 732 g/mol. The van der Waals surface area contributed by atoms with Gasteiger partial charge in [0, 0.05) is 10.5 Å². The summed E-state index contributed by atoms with van der Waals surface area (Å²) in [6.45, 7) is 0.954. The fourth-order valence-corrected chi connectivity index (χ4v) is 6.47. The summed E-state index contributed by atoms with van der Waals surface area (Å²) in [4.78, 5) is 37.0. The van der Waals surface area contributed by atoms with E-state index in [1.807, 2.05) is 67.8 Å². The van der Waals surface area contributed by atoms with E-state index in [1.54, 1.807) is 6.92 Å². The van der Waals surface area contributed by atoms with Crippen molar-refractivity contribution in [1.29, 1.82) is 0 Å². The second kappa shape index (κ2) is 11.2. The third-order valence-electron chi connectivity index (χ3n) is 3.61. The van der Waals surface area contributed by atoms with Crippen LogP contribution in [-0.2, 0) is 9.53 Å². The minimum Gasteiger partial charge on any atom is -0.462 e. The maximum Gasteiger partial charge on any atom is 0.340 e. The van der Waals surface area contributed by atoms with E-state index >= 15 is 0 Å². The van der Waals surface area contributed by atoms with Gasteiger partial charge < -0.3 is 30.7 Å². The summed E-state index contributed by atoms with van der Waals surface area (Å²) in [6, 6.07) is 0. The van der Waals surface area contributed by atoms with Crippen molar-refractivity contribution >= 4 is 91.2 Å². The van der Waals surface area contributed by atoms with Crippen molar-refractivity contribution in [2.24, 2.45) is 0 Å². The molecule has 0 fully saturated rings. The molecule has 0 spiro atoms. The highest BCUT2D eigenvalue weighted by molar-refractivity contribution is 14.1. The van der Waals surface area contributed by atoms with Crippen LogP contribution in [0.4, 0.5) is 5.69 Å². The van der Waals surface area contributed by atoms with Crippen LogP contribution in [0.25, 0.3) is 0 Å². The molecule has 0 saturated heterocycles. The van der Waals surface area contributed by atoms with E-state index in [4.69, 9.17) is 4.74 Å². The van der Waals surface area contributed by atoms with Crippen LogP contribution in [0.3, 0.4) is 0 Å². The Bertz CT molecular complexity index is 774. The lowest BCUT2D eigenvalue weighted by Gasteiger charge is -2.29. The van der Waals surface area contributed by atoms with E-state index in [1.165, 1.54) is 6.92 Å². The molecule has 28 heavy (non-hydrogen) atoms. The van der Waals surface area contributed by atoms with Gasteiger partial charge in [0.1, 0.15) is 5.54 Å². The fraction of sp³-hybridized carbons (Fsp3) is 0.438. The first-order chi connectivity index (χ1) is 13.1. The summed E-state index contributed by atoms with van der Waals surface area (Å²) < 4.78 is 6.12. The number of carbonyl (C=O) groups excluding carboxylic acids is 3. The summed E-state index contributed by atoms with van der Waals surface area (Å²) in [6.07, 6.45) is 0. The zero-order valence-electron chi connectivity index (χ0n) is 14.9. The average Bonchev–Trinajstić information content (AvgIpc) is 2.63. The Balaban J connectivity index is 3.68. The summed E-state index contributed by atoms with van der Waals surface area (Å²) in [5.41, 5.74) is -1.22. The summed E-state index contributed by atoms with van der Waals surface area (Å²) in [7, 11) is 0. The number of hydrogen-bond donors (Lipinski definition) is 5. The second-order valence-electron chi connectivity index (χ2n) is 5.68. The zero-order valence-corrected chi connectivity index (χ0v) is 21.4. The van der Waals surface area contributed by atoms with Gasteiger partial charge in [-0.1, -0.05) is 0 Å². The number of benzene rings is 1. The van der Waals surface area contributed by atoms with E-state index in [2.05, 4.69) is 10.6 Å². The Morgan fingerprint density at radius 3 is 1.89 bits per heavy atom. The van der Waals surface area contributed by atoms with Crippen molar-refractivity contribution < 1.29 is 34.4 Å². The first kappa shape index (κ1) is 25.7. The number of anilines is 1. The van der Waals surface area contributed by atoms with Gasteiger partial charge in [-0.2, -0.15) is 0 Å². The lowest BCUT2D eigenvalue weighted by atomic mass is 10.0. The van der Waals surface area contributed by atoms with Crippen LogP contribution in [0.1, 0.15) is 34.6 Å². The molecule has 0 aliphatic rings. The van der Waals surface area contributed by atoms with Crippen LogP contribution < -0.4 is 10.6 Å². The number of rotatable bonds is 8. The topological polar surface area (TPSA) is 145 Å². The number of esters is 1. The Morgan fingerprint density at radius 1 is 0.964 bits per heavy atom. The molecule has 0 bridgehead atoms. The van der Waals surface area contributed by atoms with Gasteiger partial charge in [-0.05, 0) is 74.7 Å². The van der Waals surface area contributed by atoms with Crippen molar-refractivity contribution in [3.8, 4) is 0 Å². The Labute approximate surface area is 202 Å². The smallest absolute Gasteiger partial charge is 0.340 e. The Hall–Kier alpha value is -0.300. The molecule has 156 valence electrons. The zero-order chi connectivity index (χ0) is 21.6. The number of aliphatic hydroxyl groups is 3. The third-order valence-corrected chi connectivity index (χ3v) is 6.85. The Kier molecular flexibility index (Phi) is 10.3. The van der Waals surface area contributed by atoms with Crippen molar-refractivity contribution in [2.75, 3.05) is 31.7 Å². The molecule has 5 N–H and O–H groups in total. The highest BCUT2D eigenvalue weighted by Gasteiger charge is 2.34. The molecular formula is C16H19I3N2O7. The highest BCUT2D eigenvalue weighted by Crippen LogP contribution is 2.36. The lowest BCUT2D eigenvalue weighted by Crippen LogP contribution is -2.57. The molecule has 0 aliphatic carbocycles. The molecule has 0 radical (unpaired) electrons. The predicted octanol–water partition coefficient (Wildman–Crippen LogP) is 1.08. The number of aliphatic hydroxyl groups excluding tert-OH is 3. The molecule has 0 aromatic heterocycles. The van der Waals surface area contributed by atoms with Crippen molar-refractivity contribution in [3.63, 3.8) is 0 Å². The fourth-order valence-electron chi connectivity index (χ4n) is 2.10. The molecular weight excluding hydrogens is 713 g/mol. The number of halogens is 3. The molecule has 9 nitrogen and oxygen atoms in total. The van der Waals surface area contributed by atoms with E-state index in [9.17, 15) is 29.7 Å². The predicted molar refractivity (Wildman–Crippen MR) is 126 cm³/mol. The van der Waals surface area contributed by atoms with Crippen LogP contribution in [0, 0.1) is 10.7 Å². The van der Waals surface area contributed by atoms with Crippen LogP contribution >= 0.6 is 67.8 Å². The van der Waals surface area contributed by atoms with Crippen LogP contribution in [0.5, 0.6) is 0 Å². The van der Waals surface area contributed by atoms with E-state index in [0.29, 0.717) is 7.14 Å². The van der Waals surface area contributed by atoms with Crippen LogP contribution in [-0.4, -0.2) is 65.1 Å². The molecule has 0 saturated carbocycles. The minimum absolute atomic E-state index is 0.0492. The maximum atomic E-state index is 12.9. The summed E-state index contributed by atoms with van der Waals surface area (Å²) >= 11 is 5.59. The van der Waals surface area contributed by atoms with Gasteiger partial charge in [-0.25, -0.2) is 4.79 Å². The van der Waals surface area contributed by atoms with Gasteiger partial charge in [0.25, 0.3) is 5.91 Å². The van der Waals surface area contributed by atoms with Crippen molar-refractivity contribution in [2.45, 2.75) is 19.4 Å².